The number of hydrogen-bond acceptors (Lipinski definition) is 9. The highest BCUT2D eigenvalue weighted by molar-refractivity contribution is 9.10. The number of rotatable bonds is 11. The van der Waals surface area contributed by atoms with Crippen molar-refractivity contribution in [1.82, 2.24) is 4.57 Å². The second kappa shape index (κ2) is 16.4. The molecule has 2 N–H and O–H groups in total. The zero-order valence-electron chi connectivity index (χ0n) is 27.2. The summed E-state index contributed by atoms with van der Waals surface area (Å²) in [5.41, 5.74) is 2.81. The molecule has 0 saturated heterocycles. The fraction of sp³-hybridized carbons (Fsp3) is 0.485. The number of methoxy groups -OCH3 is 1. The van der Waals surface area contributed by atoms with Crippen molar-refractivity contribution in [2.75, 3.05) is 17.7 Å². The van der Waals surface area contributed by atoms with Crippen LogP contribution in [0.4, 0.5) is 16.2 Å². The van der Waals surface area contributed by atoms with Crippen LogP contribution in [0.25, 0.3) is 10.9 Å². The maximum Gasteiger partial charge on any atom is 0.515 e. The third kappa shape index (κ3) is 12.1. The Morgan fingerprint density at radius 1 is 1.02 bits per heavy atom. The molecule has 3 rings (SSSR count). The van der Waals surface area contributed by atoms with Crippen LogP contribution in [0.3, 0.4) is 0 Å². The van der Waals surface area contributed by atoms with Gasteiger partial charge in [0.25, 0.3) is 6.47 Å². The number of hydrogen-bond donors (Lipinski definition) is 2. The van der Waals surface area contributed by atoms with Crippen molar-refractivity contribution in [1.29, 1.82) is 0 Å². The van der Waals surface area contributed by atoms with Gasteiger partial charge in [-0.3, -0.25) is 9.59 Å². The maximum absolute atomic E-state index is 12.3. The summed E-state index contributed by atoms with van der Waals surface area (Å²) in [6.45, 7) is 13.9. The summed E-state index contributed by atoms with van der Waals surface area (Å²) in [7, 11) is 3.26. The molecule has 11 heteroatoms. The standard InChI is InChI=1S/C28H36BrN3O5.C5H10O2/c1-7-10-20(15-26(33)35-6)31-23-12-9-8-11-22(23)30-17-18-13-19(29)14-24-21(18)16-25(32(24)5)36-27(34)37-28(2,3)4;1-5(2,3)7-4-6/h8-9,11-14,16,20,30-31H,7,10,15,17H2,1-6H3;4H,1-3H3. The number of carbonyl (C=O) groups excluding carboxylic acids is 3. The highest BCUT2D eigenvalue weighted by Gasteiger charge is 2.21. The van der Waals surface area contributed by atoms with E-state index in [0.29, 0.717) is 25.3 Å². The van der Waals surface area contributed by atoms with E-state index in [1.165, 1.54) is 7.11 Å². The molecule has 1 unspecified atom stereocenters. The van der Waals surface area contributed by atoms with E-state index in [-0.39, 0.29) is 17.6 Å². The first-order valence-electron chi connectivity index (χ1n) is 14.5. The van der Waals surface area contributed by atoms with E-state index in [4.69, 9.17) is 14.2 Å². The van der Waals surface area contributed by atoms with Gasteiger partial charge in [-0.15, -0.1) is 0 Å². The second-order valence-electron chi connectivity index (χ2n) is 12.2. The quantitative estimate of drug-likeness (QED) is 0.119. The summed E-state index contributed by atoms with van der Waals surface area (Å²) in [6.07, 6.45) is 1.35. The lowest BCUT2D eigenvalue weighted by atomic mass is 10.1. The van der Waals surface area contributed by atoms with Crippen molar-refractivity contribution in [2.24, 2.45) is 7.05 Å². The van der Waals surface area contributed by atoms with Crippen molar-refractivity contribution >= 4 is 56.8 Å². The number of benzene rings is 2. The van der Waals surface area contributed by atoms with Gasteiger partial charge in [0.05, 0.1) is 30.4 Å². The molecule has 0 aliphatic carbocycles. The first kappa shape index (κ1) is 36.5. The van der Waals surface area contributed by atoms with Crippen LogP contribution < -0.4 is 15.4 Å². The molecule has 0 amide bonds. The molecule has 0 saturated carbocycles. The van der Waals surface area contributed by atoms with Gasteiger partial charge in [-0.05, 0) is 77.8 Å². The smallest absolute Gasteiger partial charge is 0.469 e. The zero-order valence-corrected chi connectivity index (χ0v) is 28.8. The predicted octanol–water partition coefficient (Wildman–Crippen LogP) is 7.97. The molecule has 0 spiro atoms. The lowest BCUT2D eigenvalue weighted by molar-refractivity contribution is -0.141. The van der Waals surface area contributed by atoms with Crippen LogP contribution >= 0.6 is 15.9 Å². The van der Waals surface area contributed by atoms with E-state index in [1.54, 1.807) is 20.8 Å². The number of carbonyl (C=O) groups is 3. The number of aromatic nitrogens is 1. The fourth-order valence-electron chi connectivity index (χ4n) is 4.22. The van der Waals surface area contributed by atoms with Gasteiger partial charge in [0, 0.05) is 35.6 Å². The fourth-order valence-corrected chi connectivity index (χ4v) is 4.71. The topological polar surface area (TPSA) is 117 Å². The third-order valence-electron chi connectivity index (χ3n) is 6.18. The van der Waals surface area contributed by atoms with Crippen molar-refractivity contribution in [3.05, 3.63) is 52.5 Å². The lowest BCUT2D eigenvalue weighted by Gasteiger charge is -2.21. The minimum absolute atomic E-state index is 0.0281. The molecule has 0 fully saturated rings. The third-order valence-corrected chi connectivity index (χ3v) is 6.64. The summed E-state index contributed by atoms with van der Waals surface area (Å²) in [6, 6.07) is 13.8. The van der Waals surface area contributed by atoms with Gasteiger partial charge >= 0.3 is 12.1 Å². The Morgan fingerprint density at radius 3 is 2.23 bits per heavy atom. The average Bonchev–Trinajstić information content (AvgIpc) is 3.21. The Bertz CT molecular complexity index is 1410. The van der Waals surface area contributed by atoms with E-state index >= 15 is 0 Å². The van der Waals surface area contributed by atoms with E-state index in [0.717, 1.165) is 45.2 Å². The molecule has 0 bridgehead atoms. The molecule has 1 aromatic heterocycles. The van der Waals surface area contributed by atoms with E-state index < -0.39 is 11.8 Å². The van der Waals surface area contributed by atoms with Gasteiger partial charge in [0.2, 0.25) is 5.88 Å². The van der Waals surface area contributed by atoms with Crippen LogP contribution in [0.5, 0.6) is 5.88 Å². The van der Waals surface area contributed by atoms with E-state index in [2.05, 4.69) is 38.2 Å². The highest BCUT2D eigenvalue weighted by atomic mass is 79.9. The molecule has 1 atom stereocenters. The van der Waals surface area contributed by atoms with Gasteiger partial charge < -0.3 is 34.1 Å². The Labute approximate surface area is 268 Å². The minimum Gasteiger partial charge on any atom is -0.469 e. The van der Waals surface area contributed by atoms with Crippen LogP contribution in [-0.2, 0) is 37.4 Å². The summed E-state index contributed by atoms with van der Waals surface area (Å²) in [5, 5.41) is 7.98. The van der Waals surface area contributed by atoms with E-state index in [9.17, 15) is 14.4 Å². The van der Waals surface area contributed by atoms with Crippen LogP contribution in [0.1, 0.15) is 73.3 Å². The monoisotopic (exact) mass is 675 g/mol. The molecule has 10 nitrogen and oxygen atoms in total. The molecule has 3 aromatic rings. The van der Waals surface area contributed by atoms with Crippen LogP contribution in [0.2, 0.25) is 0 Å². The summed E-state index contributed by atoms with van der Waals surface area (Å²) >= 11 is 3.61. The van der Waals surface area contributed by atoms with Gasteiger partial charge in [-0.25, -0.2) is 4.79 Å². The van der Waals surface area contributed by atoms with Crippen LogP contribution in [0.15, 0.2) is 46.9 Å². The molecule has 0 aliphatic heterocycles. The normalized spacial score (nSPS) is 12.0. The molecule has 0 aliphatic rings. The first-order valence-corrected chi connectivity index (χ1v) is 15.3. The number of fused-ring (bicyclic) bond motifs is 1. The molecule has 2 aromatic carbocycles. The van der Waals surface area contributed by atoms with Crippen molar-refractivity contribution < 1.29 is 33.3 Å². The molecule has 1 heterocycles. The average molecular weight is 677 g/mol. The number of nitrogens with zero attached hydrogens (tertiary/aromatic N) is 1. The van der Waals surface area contributed by atoms with Gasteiger partial charge in [0.1, 0.15) is 11.2 Å². The highest BCUT2D eigenvalue weighted by Crippen LogP contribution is 2.32. The number of halogens is 1. The summed E-state index contributed by atoms with van der Waals surface area (Å²) < 4.78 is 23.0. The number of anilines is 2. The van der Waals surface area contributed by atoms with E-state index in [1.807, 2.05) is 74.9 Å². The second-order valence-corrected chi connectivity index (χ2v) is 13.2. The van der Waals surface area contributed by atoms with Gasteiger partial charge in [-0.1, -0.05) is 41.4 Å². The van der Waals surface area contributed by atoms with Crippen molar-refractivity contribution in [2.45, 2.75) is 91.5 Å². The van der Waals surface area contributed by atoms with Crippen LogP contribution in [-0.4, -0.2) is 47.5 Å². The Morgan fingerprint density at radius 2 is 1.68 bits per heavy atom. The minimum atomic E-state index is -0.745. The number of para-hydroxylation sites is 2. The Kier molecular flexibility index (Phi) is 13.6. The van der Waals surface area contributed by atoms with Gasteiger partial charge in [0.15, 0.2) is 0 Å². The van der Waals surface area contributed by atoms with Gasteiger partial charge in [-0.2, -0.15) is 0 Å². The lowest BCUT2D eigenvalue weighted by Crippen LogP contribution is -2.26. The number of nitrogens with one attached hydrogen (secondary N) is 2. The Balaban J connectivity index is 0.000000860. The molecular weight excluding hydrogens is 630 g/mol. The first-order chi connectivity index (χ1) is 20.6. The van der Waals surface area contributed by atoms with Crippen LogP contribution in [0, 0.1) is 0 Å². The van der Waals surface area contributed by atoms with Crippen molar-refractivity contribution in [3.8, 4) is 5.88 Å². The number of aryl methyl sites for hydroxylation is 1. The number of esters is 1. The molecule has 242 valence electrons. The zero-order chi connectivity index (χ0) is 33.1. The molecular formula is C33H46BrN3O7. The summed E-state index contributed by atoms with van der Waals surface area (Å²) in [5.74, 6) is 0.164. The molecule has 44 heavy (non-hydrogen) atoms. The largest absolute Gasteiger partial charge is 0.515 e. The summed E-state index contributed by atoms with van der Waals surface area (Å²) in [4.78, 5) is 33.7. The molecule has 0 radical (unpaired) electrons. The predicted molar refractivity (Wildman–Crippen MR) is 177 cm³/mol. The SMILES string of the molecule is CC(C)(C)OC=O.CCCC(CC(=O)OC)Nc1ccccc1NCc1cc(Br)cc2c1cc(OC(=O)OC(C)(C)C)n2C. The Hall–Kier alpha value is -3.73. The van der Waals surface area contributed by atoms with Crippen molar-refractivity contribution in [3.63, 3.8) is 0 Å². The maximum atomic E-state index is 12.3. The number of ether oxygens (including phenoxy) is 4.